The predicted molar refractivity (Wildman–Crippen MR) is 111 cm³/mol. The van der Waals surface area contributed by atoms with E-state index in [2.05, 4.69) is 15.3 Å². The minimum absolute atomic E-state index is 0.00640. The number of methoxy groups -OCH3 is 1. The molecule has 144 valence electrons. The van der Waals surface area contributed by atoms with E-state index in [9.17, 15) is 14.7 Å². The second-order valence-corrected chi connectivity index (χ2v) is 6.93. The monoisotopic (exact) mass is 387 g/mol. The van der Waals surface area contributed by atoms with Crippen molar-refractivity contribution >= 4 is 22.3 Å². The predicted octanol–water partition coefficient (Wildman–Crippen LogP) is 3.17. The van der Waals surface area contributed by atoms with Gasteiger partial charge in [0.25, 0.3) is 5.56 Å². The highest BCUT2D eigenvalue weighted by molar-refractivity contribution is 5.99. The van der Waals surface area contributed by atoms with Gasteiger partial charge in [-0.3, -0.25) is 14.8 Å². The van der Waals surface area contributed by atoms with Gasteiger partial charge in [-0.25, -0.2) is 4.79 Å². The van der Waals surface area contributed by atoms with E-state index in [1.165, 1.54) is 13.2 Å². The third kappa shape index (κ3) is 2.59. The minimum Gasteiger partial charge on any atom is -0.507 e. The molecule has 1 unspecified atom stereocenters. The number of benzene rings is 3. The second-order valence-electron chi connectivity index (χ2n) is 6.93. The van der Waals surface area contributed by atoms with Crippen molar-refractivity contribution in [1.29, 1.82) is 0 Å². The number of hydrogen-bond acceptors (Lipinski definition) is 5. The normalized spacial score (nSPS) is 14.7. The standard InChI is InChI=1S/C22H17N3O4/c1-29-12-7-9-14(16(26)10-12)17-15-8-6-11-4-2-3-5-13(11)19(15)23-20-18(17)21(27)25-22(28)24-20/h2-10,17,26H,1H3,(H3,23,24,25,27,28). The summed E-state index contributed by atoms with van der Waals surface area (Å²) < 4.78 is 5.19. The molecule has 0 saturated heterocycles. The van der Waals surface area contributed by atoms with E-state index in [1.807, 2.05) is 36.4 Å². The van der Waals surface area contributed by atoms with Crippen LogP contribution in [0.25, 0.3) is 10.8 Å². The lowest BCUT2D eigenvalue weighted by Gasteiger charge is -2.29. The fraction of sp³-hybridized carbons (Fsp3) is 0.0909. The zero-order valence-corrected chi connectivity index (χ0v) is 15.4. The molecule has 1 aliphatic rings. The molecule has 7 nitrogen and oxygen atoms in total. The summed E-state index contributed by atoms with van der Waals surface area (Å²) in [5.41, 5.74) is 1.40. The zero-order chi connectivity index (χ0) is 20.1. The van der Waals surface area contributed by atoms with Gasteiger partial charge in [0.1, 0.15) is 17.3 Å². The Labute approximate surface area is 164 Å². The maximum Gasteiger partial charge on any atom is 0.327 e. The maximum atomic E-state index is 12.8. The van der Waals surface area contributed by atoms with Crippen LogP contribution in [0.1, 0.15) is 22.6 Å². The molecular formula is C22H17N3O4. The van der Waals surface area contributed by atoms with Crippen molar-refractivity contribution in [3.63, 3.8) is 0 Å². The molecule has 1 aromatic heterocycles. The number of anilines is 2. The fourth-order valence-corrected chi connectivity index (χ4v) is 4.04. The molecule has 4 N–H and O–H groups in total. The molecule has 29 heavy (non-hydrogen) atoms. The lowest BCUT2D eigenvalue weighted by Crippen LogP contribution is -2.31. The number of hydrogen-bond donors (Lipinski definition) is 4. The summed E-state index contributed by atoms with van der Waals surface area (Å²) in [6.07, 6.45) is 0. The smallest absolute Gasteiger partial charge is 0.327 e. The highest BCUT2D eigenvalue weighted by Gasteiger charge is 2.33. The number of aromatic hydroxyl groups is 1. The Balaban J connectivity index is 1.86. The molecule has 2 heterocycles. The molecule has 0 radical (unpaired) electrons. The van der Waals surface area contributed by atoms with Crippen LogP contribution >= 0.6 is 0 Å². The Hall–Kier alpha value is -4.00. The summed E-state index contributed by atoms with van der Waals surface area (Å²) >= 11 is 0. The van der Waals surface area contributed by atoms with Crippen molar-refractivity contribution in [3.05, 3.63) is 92.1 Å². The van der Waals surface area contributed by atoms with Gasteiger partial charge in [0.2, 0.25) is 0 Å². The van der Waals surface area contributed by atoms with E-state index in [1.54, 1.807) is 12.1 Å². The first-order chi connectivity index (χ1) is 14.1. The number of aromatic amines is 2. The summed E-state index contributed by atoms with van der Waals surface area (Å²) in [5, 5.41) is 15.9. The van der Waals surface area contributed by atoms with Crippen LogP contribution in [0, 0.1) is 0 Å². The molecule has 0 bridgehead atoms. The zero-order valence-electron chi connectivity index (χ0n) is 15.4. The van der Waals surface area contributed by atoms with Crippen LogP contribution in [0.15, 0.2) is 64.2 Å². The average molecular weight is 387 g/mol. The number of ether oxygens (including phenoxy) is 1. The fourth-order valence-electron chi connectivity index (χ4n) is 4.04. The molecule has 0 spiro atoms. The van der Waals surface area contributed by atoms with Gasteiger partial charge in [0.15, 0.2) is 0 Å². The Kier molecular flexibility index (Phi) is 3.70. The molecule has 0 fully saturated rings. The minimum atomic E-state index is -0.595. The van der Waals surface area contributed by atoms with E-state index >= 15 is 0 Å². The van der Waals surface area contributed by atoms with Gasteiger partial charge in [-0.15, -0.1) is 0 Å². The summed E-state index contributed by atoms with van der Waals surface area (Å²) in [7, 11) is 1.52. The van der Waals surface area contributed by atoms with Crippen LogP contribution in [0.2, 0.25) is 0 Å². The summed E-state index contributed by atoms with van der Waals surface area (Å²) in [4.78, 5) is 29.7. The maximum absolute atomic E-state index is 12.8. The van der Waals surface area contributed by atoms with Crippen LogP contribution in [0.4, 0.5) is 11.5 Å². The van der Waals surface area contributed by atoms with E-state index in [4.69, 9.17) is 4.74 Å². The summed E-state index contributed by atoms with van der Waals surface area (Å²) in [6, 6.07) is 16.7. The Morgan fingerprint density at radius 1 is 0.966 bits per heavy atom. The Bertz CT molecular complexity index is 1390. The third-order valence-electron chi connectivity index (χ3n) is 5.34. The number of fused-ring (bicyclic) bond motifs is 4. The van der Waals surface area contributed by atoms with Crippen molar-refractivity contribution in [2.45, 2.75) is 5.92 Å². The highest BCUT2D eigenvalue weighted by atomic mass is 16.5. The lowest BCUT2D eigenvalue weighted by atomic mass is 9.81. The highest BCUT2D eigenvalue weighted by Crippen LogP contribution is 2.47. The number of aromatic nitrogens is 2. The molecule has 0 saturated carbocycles. The van der Waals surface area contributed by atoms with Crippen LogP contribution < -0.4 is 21.3 Å². The third-order valence-corrected chi connectivity index (χ3v) is 5.34. The molecule has 4 aromatic rings. The van der Waals surface area contributed by atoms with Crippen LogP contribution in [-0.2, 0) is 0 Å². The van der Waals surface area contributed by atoms with Gasteiger partial charge < -0.3 is 15.2 Å². The topological polar surface area (TPSA) is 107 Å². The molecule has 5 rings (SSSR count). The number of H-pyrrole nitrogens is 2. The first-order valence-corrected chi connectivity index (χ1v) is 9.09. The van der Waals surface area contributed by atoms with E-state index in [0.29, 0.717) is 22.7 Å². The lowest BCUT2D eigenvalue weighted by molar-refractivity contribution is 0.406. The van der Waals surface area contributed by atoms with Gasteiger partial charge in [-0.05, 0) is 17.0 Å². The molecule has 0 amide bonds. The van der Waals surface area contributed by atoms with Crippen molar-refractivity contribution < 1.29 is 9.84 Å². The number of rotatable bonds is 2. The van der Waals surface area contributed by atoms with E-state index in [-0.39, 0.29) is 5.75 Å². The SMILES string of the molecule is COc1ccc(C2c3ccc4ccccc4c3Nc3[nH]c(=O)[nH]c(=O)c32)c(O)c1. The van der Waals surface area contributed by atoms with Crippen molar-refractivity contribution in [1.82, 2.24) is 9.97 Å². The van der Waals surface area contributed by atoms with Crippen LogP contribution in [0.5, 0.6) is 11.5 Å². The molecule has 7 heteroatoms. The van der Waals surface area contributed by atoms with E-state index in [0.717, 1.165) is 22.0 Å². The van der Waals surface area contributed by atoms with Gasteiger partial charge in [-0.2, -0.15) is 0 Å². The first kappa shape index (κ1) is 17.1. The first-order valence-electron chi connectivity index (χ1n) is 9.09. The molecule has 3 aromatic carbocycles. The number of phenols is 1. The Morgan fingerprint density at radius 2 is 1.76 bits per heavy atom. The van der Waals surface area contributed by atoms with Crippen molar-refractivity contribution in [2.24, 2.45) is 0 Å². The number of nitrogens with one attached hydrogen (secondary N) is 3. The molecule has 0 aliphatic carbocycles. The molecule has 1 atom stereocenters. The second kappa shape index (κ2) is 6.27. The van der Waals surface area contributed by atoms with Gasteiger partial charge in [0.05, 0.1) is 18.4 Å². The Morgan fingerprint density at radius 3 is 2.55 bits per heavy atom. The average Bonchev–Trinajstić information content (AvgIpc) is 2.72. The van der Waals surface area contributed by atoms with Crippen LogP contribution in [-0.4, -0.2) is 22.2 Å². The van der Waals surface area contributed by atoms with Crippen molar-refractivity contribution in [3.8, 4) is 11.5 Å². The quantitative estimate of drug-likeness (QED) is 0.372. The molecular weight excluding hydrogens is 370 g/mol. The van der Waals surface area contributed by atoms with E-state index < -0.39 is 17.2 Å². The number of phenolic OH excluding ortho intramolecular Hbond substituents is 1. The van der Waals surface area contributed by atoms with Crippen LogP contribution in [0.3, 0.4) is 0 Å². The largest absolute Gasteiger partial charge is 0.507 e. The summed E-state index contributed by atoms with van der Waals surface area (Å²) in [5.74, 6) is 0.265. The van der Waals surface area contributed by atoms with Gasteiger partial charge in [0, 0.05) is 22.9 Å². The van der Waals surface area contributed by atoms with Gasteiger partial charge in [-0.1, -0.05) is 42.5 Å². The molecule has 1 aliphatic heterocycles. The van der Waals surface area contributed by atoms with Crippen molar-refractivity contribution in [2.75, 3.05) is 12.4 Å². The summed E-state index contributed by atoms with van der Waals surface area (Å²) in [6.45, 7) is 0. The van der Waals surface area contributed by atoms with Gasteiger partial charge >= 0.3 is 5.69 Å².